The molecule has 0 radical (unpaired) electrons. The average Bonchev–Trinajstić information content (AvgIpc) is 2.81. The first kappa shape index (κ1) is 15.7. The number of rotatable bonds is 4. The molecule has 1 heterocycles. The van der Waals surface area contributed by atoms with Gasteiger partial charge in [-0.1, -0.05) is 17.7 Å². The first-order valence-electron chi connectivity index (χ1n) is 6.14. The number of aliphatic hydroxyl groups is 1. The van der Waals surface area contributed by atoms with Crippen molar-refractivity contribution in [1.82, 2.24) is 8.61 Å². The van der Waals surface area contributed by atoms with Crippen LogP contribution in [0.5, 0.6) is 0 Å². The van der Waals surface area contributed by atoms with Gasteiger partial charge in [0.05, 0.1) is 6.10 Å². The summed E-state index contributed by atoms with van der Waals surface area (Å²) in [6.45, 7) is 0.178. The molecule has 1 fully saturated rings. The van der Waals surface area contributed by atoms with E-state index in [0.717, 1.165) is 4.31 Å². The summed E-state index contributed by atoms with van der Waals surface area (Å²) in [7, 11) is -2.36. The fourth-order valence-electron chi connectivity index (χ4n) is 2.10. The predicted molar refractivity (Wildman–Crippen MR) is 74.0 cm³/mol. The highest BCUT2D eigenvalue weighted by Crippen LogP contribution is 2.23. The van der Waals surface area contributed by atoms with Gasteiger partial charge in [-0.05, 0) is 18.6 Å². The van der Waals surface area contributed by atoms with Crippen molar-refractivity contribution in [3.63, 3.8) is 0 Å². The lowest BCUT2D eigenvalue weighted by Crippen LogP contribution is -2.40. The van der Waals surface area contributed by atoms with E-state index in [-0.39, 0.29) is 30.2 Å². The van der Waals surface area contributed by atoms with Gasteiger partial charge in [0.25, 0.3) is 10.2 Å². The van der Waals surface area contributed by atoms with Gasteiger partial charge in [0, 0.05) is 37.3 Å². The summed E-state index contributed by atoms with van der Waals surface area (Å²) in [6, 6.07) is 4.22. The fourth-order valence-corrected chi connectivity index (χ4v) is 3.71. The lowest BCUT2D eigenvalue weighted by Gasteiger charge is -2.24. The van der Waals surface area contributed by atoms with E-state index in [9.17, 15) is 17.9 Å². The maximum atomic E-state index is 13.7. The minimum Gasteiger partial charge on any atom is -0.392 e. The van der Waals surface area contributed by atoms with Crippen LogP contribution in [-0.2, 0) is 16.8 Å². The monoisotopic (exact) mass is 322 g/mol. The van der Waals surface area contributed by atoms with Crippen LogP contribution in [0.4, 0.5) is 4.39 Å². The summed E-state index contributed by atoms with van der Waals surface area (Å²) in [4.78, 5) is 0. The molecule has 1 aliphatic rings. The van der Waals surface area contributed by atoms with E-state index < -0.39 is 22.1 Å². The molecule has 0 bridgehead atoms. The molecule has 0 spiro atoms. The van der Waals surface area contributed by atoms with Gasteiger partial charge >= 0.3 is 0 Å². The zero-order valence-electron chi connectivity index (χ0n) is 11.0. The van der Waals surface area contributed by atoms with E-state index in [1.165, 1.54) is 29.6 Å². The largest absolute Gasteiger partial charge is 0.392 e. The molecule has 8 heteroatoms. The molecule has 2 rings (SSSR count). The Morgan fingerprint density at radius 2 is 2.25 bits per heavy atom. The fraction of sp³-hybridized carbons (Fsp3) is 0.500. The van der Waals surface area contributed by atoms with Crippen LogP contribution >= 0.6 is 11.6 Å². The molecule has 0 saturated carbocycles. The van der Waals surface area contributed by atoms with E-state index >= 15 is 0 Å². The highest BCUT2D eigenvalue weighted by molar-refractivity contribution is 7.86. The molecular weight excluding hydrogens is 307 g/mol. The molecule has 0 aliphatic carbocycles. The van der Waals surface area contributed by atoms with Crippen molar-refractivity contribution in [3.05, 3.63) is 34.6 Å². The summed E-state index contributed by atoms with van der Waals surface area (Å²) < 4.78 is 40.5. The zero-order valence-corrected chi connectivity index (χ0v) is 12.5. The Hall–Kier alpha value is -0.730. The van der Waals surface area contributed by atoms with Crippen molar-refractivity contribution in [2.75, 3.05) is 20.1 Å². The van der Waals surface area contributed by atoms with Crippen molar-refractivity contribution < 1.29 is 17.9 Å². The maximum absolute atomic E-state index is 13.7. The third-order valence-electron chi connectivity index (χ3n) is 3.29. The van der Waals surface area contributed by atoms with E-state index in [1.807, 2.05) is 0 Å². The number of halogens is 2. The molecule has 1 atom stereocenters. The van der Waals surface area contributed by atoms with Crippen LogP contribution in [0.1, 0.15) is 12.0 Å². The van der Waals surface area contributed by atoms with Crippen LogP contribution in [0, 0.1) is 5.82 Å². The third kappa shape index (κ3) is 3.12. The Balaban J connectivity index is 2.17. The molecular formula is C12H16ClFN2O3S. The third-order valence-corrected chi connectivity index (χ3v) is 5.54. The van der Waals surface area contributed by atoms with Gasteiger partial charge in [0.1, 0.15) is 5.82 Å². The summed E-state index contributed by atoms with van der Waals surface area (Å²) in [6.07, 6.45) is -0.233. The molecule has 5 nitrogen and oxygen atoms in total. The lowest BCUT2D eigenvalue weighted by atomic mass is 10.2. The van der Waals surface area contributed by atoms with Crippen LogP contribution in [0.25, 0.3) is 0 Å². The summed E-state index contributed by atoms with van der Waals surface area (Å²) in [5, 5.41) is 9.61. The molecule has 0 aromatic heterocycles. The number of hydrogen-bond donors (Lipinski definition) is 1. The van der Waals surface area contributed by atoms with Gasteiger partial charge in [-0.25, -0.2) is 4.39 Å². The Morgan fingerprint density at radius 1 is 1.55 bits per heavy atom. The average molecular weight is 323 g/mol. The Labute approximate surface area is 122 Å². The van der Waals surface area contributed by atoms with E-state index in [4.69, 9.17) is 11.6 Å². The van der Waals surface area contributed by atoms with Crippen LogP contribution in [0.2, 0.25) is 5.02 Å². The van der Waals surface area contributed by atoms with Gasteiger partial charge in [-0.3, -0.25) is 0 Å². The highest BCUT2D eigenvalue weighted by atomic mass is 35.5. The van der Waals surface area contributed by atoms with Crippen molar-refractivity contribution in [2.24, 2.45) is 0 Å². The minimum atomic E-state index is -3.72. The van der Waals surface area contributed by atoms with Gasteiger partial charge in [0.2, 0.25) is 0 Å². The highest BCUT2D eigenvalue weighted by Gasteiger charge is 2.33. The maximum Gasteiger partial charge on any atom is 0.282 e. The van der Waals surface area contributed by atoms with Crippen molar-refractivity contribution >= 4 is 21.8 Å². The topological polar surface area (TPSA) is 60.9 Å². The zero-order chi connectivity index (χ0) is 14.9. The summed E-state index contributed by atoms with van der Waals surface area (Å²) >= 11 is 5.89. The standard InChI is InChI=1S/C12H16ClFN2O3S/c1-15(8-10-11(13)3-2-4-12(10)14)20(18,19)16-6-5-9(17)7-16/h2-4,9,17H,5-8H2,1H3/t9-/m0/s1. The molecule has 1 saturated heterocycles. The first-order valence-corrected chi connectivity index (χ1v) is 7.92. The van der Waals surface area contributed by atoms with Gasteiger partial charge in [0.15, 0.2) is 0 Å². The van der Waals surface area contributed by atoms with Crippen molar-refractivity contribution in [1.29, 1.82) is 0 Å². The SMILES string of the molecule is CN(Cc1c(F)cccc1Cl)S(=O)(=O)N1CC[C@H](O)C1. The minimum absolute atomic E-state index is 0.0671. The van der Waals surface area contributed by atoms with E-state index in [2.05, 4.69) is 0 Å². The first-order chi connectivity index (χ1) is 9.32. The molecule has 1 aromatic rings. The molecule has 1 aliphatic heterocycles. The van der Waals surface area contributed by atoms with Gasteiger partial charge in [-0.2, -0.15) is 17.0 Å². The molecule has 20 heavy (non-hydrogen) atoms. The number of β-amino-alcohol motifs (C(OH)–C–C–N with tert-alkyl or cyclic N) is 1. The van der Waals surface area contributed by atoms with Gasteiger partial charge < -0.3 is 5.11 Å². The lowest BCUT2D eigenvalue weighted by molar-refractivity contribution is 0.188. The molecule has 112 valence electrons. The Bertz CT molecular complexity index is 576. The van der Waals surface area contributed by atoms with Crippen molar-refractivity contribution in [3.8, 4) is 0 Å². The second-order valence-corrected chi connectivity index (χ2v) is 7.21. The number of nitrogens with zero attached hydrogens (tertiary/aromatic N) is 2. The second-order valence-electron chi connectivity index (χ2n) is 4.76. The van der Waals surface area contributed by atoms with Crippen molar-refractivity contribution in [2.45, 2.75) is 19.1 Å². The molecule has 1 N–H and O–H groups in total. The predicted octanol–water partition coefficient (Wildman–Crippen LogP) is 1.22. The molecule has 0 unspecified atom stereocenters. The normalized spacial score (nSPS) is 20.8. The smallest absolute Gasteiger partial charge is 0.282 e. The van der Waals surface area contributed by atoms with Gasteiger partial charge in [-0.15, -0.1) is 0 Å². The van der Waals surface area contributed by atoms with Crippen LogP contribution in [0.3, 0.4) is 0 Å². The summed E-state index contributed by atoms with van der Waals surface area (Å²) in [5.74, 6) is -0.541. The number of aliphatic hydroxyl groups excluding tert-OH is 1. The second kappa shape index (κ2) is 5.95. The Kier molecular flexibility index (Phi) is 4.66. The summed E-state index contributed by atoms with van der Waals surface area (Å²) in [5.41, 5.74) is 0.139. The molecule has 0 amide bonds. The number of hydrogen-bond acceptors (Lipinski definition) is 3. The number of benzene rings is 1. The van der Waals surface area contributed by atoms with Crippen LogP contribution < -0.4 is 0 Å². The van der Waals surface area contributed by atoms with E-state index in [0.29, 0.717) is 6.42 Å². The van der Waals surface area contributed by atoms with E-state index in [1.54, 1.807) is 0 Å². The van der Waals surface area contributed by atoms with Crippen LogP contribution in [0.15, 0.2) is 18.2 Å². The molecule has 1 aromatic carbocycles. The quantitative estimate of drug-likeness (QED) is 0.907. The van der Waals surface area contributed by atoms with Crippen LogP contribution in [-0.4, -0.2) is 48.4 Å². The Morgan fingerprint density at radius 3 is 2.80 bits per heavy atom.